The Morgan fingerprint density at radius 1 is 1.47 bits per heavy atom. The fourth-order valence-corrected chi connectivity index (χ4v) is 2.04. The Morgan fingerprint density at radius 2 is 2.00 bits per heavy atom. The van der Waals surface area contributed by atoms with Gasteiger partial charge in [-0.2, -0.15) is 0 Å². The molecule has 0 unspecified atom stereocenters. The number of sulfonamides is 1. The van der Waals surface area contributed by atoms with Gasteiger partial charge in [0.25, 0.3) is 16.4 Å². The van der Waals surface area contributed by atoms with Gasteiger partial charge in [-0.3, -0.25) is 0 Å². The summed E-state index contributed by atoms with van der Waals surface area (Å²) in [5, 5.41) is 3.16. The van der Waals surface area contributed by atoms with Crippen LogP contribution in [0.4, 0.5) is 14.5 Å². The van der Waals surface area contributed by atoms with Crippen molar-refractivity contribution < 1.29 is 17.2 Å². The molecule has 0 saturated carbocycles. The maximum absolute atomic E-state index is 12.4. The summed E-state index contributed by atoms with van der Waals surface area (Å²) in [6.07, 6.45) is -2.23. The number of aromatic nitrogens is 1. The van der Waals surface area contributed by atoms with Crippen LogP contribution in [0.25, 0.3) is 0 Å². The van der Waals surface area contributed by atoms with E-state index in [4.69, 9.17) is 22.5 Å². The number of nitrogens with two attached hydrogens (primary N) is 2. The quantitative estimate of drug-likeness (QED) is 0.822. The summed E-state index contributed by atoms with van der Waals surface area (Å²) in [6.45, 7) is 0. The van der Waals surface area contributed by atoms with E-state index in [1.807, 2.05) is 0 Å². The average molecular weight is 258 g/mol. The van der Waals surface area contributed by atoms with Gasteiger partial charge in [-0.25, -0.2) is 27.3 Å². The summed E-state index contributed by atoms with van der Waals surface area (Å²) in [6, 6.07) is 0. The number of pyridine rings is 1. The Labute approximate surface area is 89.1 Å². The van der Waals surface area contributed by atoms with Crippen LogP contribution in [0.3, 0.4) is 0 Å². The lowest BCUT2D eigenvalue weighted by atomic mass is 10.2. The van der Waals surface area contributed by atoms with Gasteiger partial charge >= 0.3 is 0 Å². The summed E-state index contributed by atoms with van der Waals surface area (Å²) in [5.74, 6) is 0. The van der Waals surface area contributed by atoms with Crippen LogP contribution in [-0.2, 0) is 10.0 Å². The van der Waals surface area contributed by atoms with E-state index in [9.17, 15) is 17.2 Å². The van der Waals surface area contributed by atoms with E-state index in [0.29, 0.717) is 0 Å². The van der Waals surface area contributed by atoms with Crippen molar-refractivity contribution in [1.82, 2.24) is 4.98 Å². The topological polar surface area (TPSA) is 99.1 Å². The van der Waals surface area contributed by atoms with Crippen LogP contribution in [-0.4, -0.2) is 13.4 Å². The molecule has 0 aliphatic rings. The van der Waals surface area contributed by atoms with Gasteiger partial charge in [0.05, 0.1) is 22.5 Å². The van der Waals surface area contributed by atoms with E-state index in [2.05, 4.69) is 4.98 Å². The van der Waals surface area contributed by atoms with Crippen LogP contribution in [0, 0.1) is 0 Å². The van der Waals surface area contributed by atoms with Crippen LogP contribution >= 0.6 is 11.6 Å². The van der Waals surface area contributed by atoms with E-state index < -0.39 is 32.1 Å². The van der Waals surface area contributed by atoms with Crippen molar-refractivity contribution in [3.63, 3.8) is 0 Å². The third kappa shape index (κ3) is 2.33. The Hall–Kier alpha value is -0.990. The van der Waals surface area contributed by atoms with Crippen molar-refractivity contribution in [3.8, 4) is 0 Å². The SMILES string of the molecule is Nc1cnc(S(N)(=O)=O)c(Cl)c1C(F)F. The Balaban J connectivity index is 3.56. The van der Waals surface area contributed by atoms with Gasteiger partial charge in [0.15, 0.2) is 5.03 Å². The monoisotopic (exact) mass is 257 g/mol. The molecule has 15 heavy (non-hydrogen) atoms. The Kier molecular flexibility index (Phi) is 3.12. The number of primary sulfonamides is 1. The van der Waals surface area contributed by atoms with Crippen LogP contribution < -0.4 is 10.9 Å². The number of hydrogen-bond donors (Lipinski definition) is 2. The van der Waals surface area contributed by atoms with Crippen LogP contribution in [0.2, 0.25) is 5.02 Å². The lowest BCUT2D eigenvalue weighted by Crippen LogP contribution is -2.16. The van der Waals surface area contributed by atoms with E-state index in [1.165, 1.54) is 0 Å². The zero-order valence-corrected chi connectivity index (χ0v) is 8.69. The summed E-state index contributed by atoms with van der Waals surface area (Å²) in [5.41, 5.74) is 4.00. The number of anilines is 1. The number of rotatable bonds is 2. The fraction of sp³-hybridized carbons (Fsp3) is 0.167. The summed E-state index contributed by atoms with van der Waals surface area (Å²) < 4.78 is 46.6. The highest BCUT2D eigenvalue weighted by molar-refractivity contribution is 7.89. The number of nitrogen functional groups attached to an aromatic ring is 1. The van der Waals surface area contributed by atoms with Crippen molar-refractivity contribution in [2.24, 2.45) is 5.14 Å². The minimum atomic E-state index is -4.24. The molecule has 1 heterocycles. The first-order chi connectivity index (χ1) is 6.75. The molecule has 9 heteroatoms. The molecule has 1 rings (SSSR count). The molecule has 0 aliphatic heterocycles. The highest BCUT2D eigenvalue weighted by Crippen LogP contribution is 2.34. The molecule has 0 bridgehead atoms. The molecule has 0 spiro atoms. The highest BCUT2D eigenvalue weighted by Gasteiger charge is 2.24. The summed E-state index contributed by atoms with van der Waals surface area (Å²) in [4.78, 5) is 3.29. The number of hydrogen-bond acceptors (Lipinski definition) is 4. The van der Waals surface area contributed by atoms with E-state index >= 15 is 0 Å². The average Bonchev–Trinajstić information content (AvgIpc) is 2.00. The van der Waals surface area contributed by atoms with Gasteiger partial charge in [-0.1, -0.05) is 11.6 Å². The van der Waals surface area contributed by atoms with Crippen molar-refractivity contribution in [2.75, 3.05) is 5.73 Å². The molecule has 0 saturated heterocycles. The van der Waals surface area contributed by atoms with Crippen molar-refractivity contribution in [3.05, 3.63) is 16.8 Å². The van der Waals surface area contributed by atoms with Crippen molar-refractivity contribution >= 4 is 27.3 Å². The van der Waals surface area contributed by atoms with Crippen LogP contribution in [0.1, 0.15) is 12.0 Å². The normalized spacial score (nSPS) is 12.1. The predicted molar refractivity (Wildman–Crippen MR) is 50.0 cm³/mol. The maximum Gasteiger partial charge on any atom is 0.267 e. The van der Waals surface area contributed by atoms with Gasteiger partial charge in [0, 0.05) is 0 Å². The molecule has 0 atom stereocenters. The molecule has 0 aromatic carbocycles. The molecule has 0 aliphatic carbocycles. The highest BCUT2D eigenvalue weighted by atomic mass is 35.5. The molecule has 0 fully saturated rings. The predicted octanol–water partition coefficient (Wildman–Crippen LogP) is 0.902. The van der Waals surface area contributed by atoms with Gasteiger partial charge in [-0.05, 0) is 0 Å². The molecule has 4 N–H and O–H groups in total. The molecule has 1 aromatic rings. The first-order valence-electron chi connectivity index (χ1n) is 3.50. The first kappa shape index (κ1) is 12.1. The van der Waals surface area contributed by atoms with Crippen molar-refractivity contribution in [1.29, 1.82) is 0 Å². The molecule has 84 valence electrons. The van der Waals surface area contributed by atoms with Crippen LogP contribution in [0.5, 0.6) is 0 Å². The van der Waals surface area contributed by atoms with Gasteiger partial charge in [0.1, 0.15) is 0 Å². The Bertz CT molecular complexity index is 491. The third-order valence-corrected chi connectivity index (χ3v) is 2.89. The molecular weight excluding hydrogens is 252 g/mol. The lowest BCUT2D eigenvalue weighted by Gasteiger charge is -2.08. The lowest BCUT2D eigenvalue weighted by molar-refractivity contribution is 0.152. The number of nitrogens with zero attached hydrogens (tertiary/aromatic N) is 1. The molecule has 0 amide bonds. The molecule has 5 nitrogen and oxygen atoms in total. The minimum absolute atomic E-state index is 0.387. The van der Waals surface area contributed by atoms with Gasteiger partial charge in [-0.15, -0.1) is 0 Å². The summed E-state index contributed by atoms with van der Waals surface area (Å²) in [7, 11) is -4.24. The fourth-order valence-electron chi connectivity index (χ4n) is 0.916. The third-order valence-electron chi connectivity index (χ3n) is 1.54. The standard InChI is InChI=1S/C6H6ClF2N3O2S/c7-4-3(5(8)9)2(10)1-12-6(4)15(11,13)14/h1,5H,10H2,(H2,11,13,14). The maximum atomic E-state index is 12.4. The zero-order chi connectivity index (χ0) is 11.8. The zero-order valence-electron chi connectivity index (χ0n) is 7.12. The molecule has 0 radical (unpaired) electrons. The number of alkyl halides is 2. The summed E-state index contributed by atoms with van der Waals surface area (Å²) >= 11 is 5.41. The van der Waals surface area contributed by atoms with Crippen LogP contribution in [0.15, 0.2) is 11.2 Å². The largest absolute Gasteiger partial charge is 0.397 e. The smallest absolute Gasteiger partial charge is 0.267 e. The molecular formula is C6H6ClF2N3O2S. The Morgan fingerprint density at radius 3 is 2.40 bits per heavy atom. The van der Waals surface area contributed by atoms with E-state index in [1.54, 1.807) is 0 Å². The molecule has 1 aromatic heterocycles. The number of halogens is 3. The van der Waals surface area contributed by atoms with E-state index in [0.717, 1.165) is 6.20 Å². The van der Waals surface area contributed by atoms with Crippen molar-refractivity contribution in [2.45, 2.75) is 11.5 Å². The van der Waals surface area contributed by atoms with Gasteiger partial charge < -0.3 is 5.73 Å². The first-order valence-corrected chi connectivity index (χ1v) is 5.42. The second kappa shape index (κ2) is 3.87. The van der Waals surface area contributed by atoms with Gasteiger partial charge in [0.2, 0.25) is 0 Å². The second-order valence-corrected chi connectivity index (χ2v) is 4.45. The van der Waals surface area contributed by atoms with E-state index in [-0.39, 0.29) is 5.69 Å². The minimum Gasteiger partial charge on any atom is -0.397 e. The second-order valence-electron chi connectivity index (χ2n) is 2.59.